The number of hydrogen-bond donors (Lipinski definition) is 2. The Morgan fingerprint density at radius 1 is 1.24 bits per heavy atom. The number of benzene rings is 2. The number of carbonyl (C=O) groups is 1. The Morgan fingerprint density at radius 3 is 2.74 bits per heavy atom. The zero-order chi connectivity index (χ0) is 24.5. The largest absolute Gasteiger partial charge is 0.495 e. The zero-order valence-corrected chi connectivity index (χ0v) is 20.2. The molecule has 1 atom stereocenters. The van der Waals surface area contributed by atoms with Crippen LogP contribution in [0.3, 0.4) is 0 Å². The molecule has 180 valence electrons. The minimum Gasteiger partial charge on any atom is -0.495 e. The number of methoxy groups -OCH3 is 1. The Balaban J connectivity index is 1.56. The molecule has 0 radical (unpaired) electrons. The molecule has 0 aliphatic carbocycles. The van der Waals surface area contributed by atoms with Crippen molar-refractivity contribution in [3.8, 4) is 5.75 Å². The van der Waals surface area contributed by atoms with Crippen molar-refractivity contribution in [3.05, 3.63) is 47.5 Å². The number of hydrogen-bond acceptors (Lipinski definition) is 7. The first-order valence-corrected chi connectivity index (χ1v) is 11.3. The van der Waals surface area contributed by atoms with Crippen LogP contribution in [-0.4, -0.2) is 47.9 Å². The van der Waals surface area contributed by atoms with Crippen LogP contribution >= 0.6 is 11.6 Å². The summed E-state index contributed by atoms with van der Waals surface area (Å²) >= 11 is 5.91. The first-order chi connectivity index (χ1) is 16.1. The van der Waals surface area contributed by atoms with Crippen molar-refractivity contribution < 1.29 is 18.7 Å². The lowest BCUT2D eigenvalue weighted by molar-refractivity contribution is 0.0509. The number of anilines is 3. The van der Waals surface area contributed by atoms with Crippen molar-refractivity contribution in [1.82, 2.24) is 15.3 Å². The maximum absolute atomic E-state index is 13.5. The Labute approximate surface area is 202 Å². The van der Waals surface area contributed by atoms with Crippen LogP contribution in [-0.2, 0) is 4.74 Å². The molecule has 2 N–H and O–H groups in total. The van der Waals surface area contributed by atoms with Gasteiger partial charge in [0.2, 0.25) is 0 Å². The molecular weight excluding hydrogens is 461 g/mol. The van der Waals surface area contributed by atoms with Gasteiger partial charge in [-0.3, -0.25) is 0 Å². The van der Waals surface area contributed by atoms with Gasteiger partial charge in [-0.25, -0.2) is 19.2 Å². The van der Waals surface area contributed by atoms with E-state index in [0.717, 1.165) is 24.0 Å². The molecule has 0 saturated carbocycles. The monoisotopic (exact) mass is 487 g/mol. The summed E-state index contributed by atoms with van der Waals surface area (Å²) in [5, 5.41) is 6.87. The smallest absolute Gasteiger partial charge is 0.407 e. The Morgan fingerprint density at radius 2 is 2.03 bits per heavy atom. The minimum atomic E-state index is -0.547. The molecule has 8 nitrogen and oxygen atoms in total. The van der Waals surface area contributed by atoms with Crippen LogP contribution in [0.2, 0.25) is 5.02 Å². The molecular formula is C24H27ClFN5O3. The van der Waals surface area contributed by atoms with Crippen LogP contribution in [0.5, 0.6) is 5.75 Å². The summed E-state index contributed by atoms with van der Waals surface area (Å²) in [4.78, 5) is 23.1. The van der Waals surface area contributed by atoms with Crippen molar-refractivity contribution in [2.75, 3.05) is 30.4 Å². The van der Waals surface area contributed by atoms with Crippen molar-refractivity contribution >= 4 is 45.8 Å². The van der Waals surface area contributed by atoms with Gasteiger partial charge in [-0.15, -0.1) is 0 Å². The minimum absolute atomic E-state index is 0.0202. The van der Waals surface area contributed by atoms with Crippen molar-refractivity contribution in [2.24, 2.45) is 0 Å². The average Bonchev–Trinajstić information content (AvgIpc) is 3.22. The SMILES string of the molecule is COc1cc2c(Nc3ccc(F)c(Cl)c3)ncnc2cc1N1CCC(NC(=O)OC(C)(C)C)C1. The van der Waals surface area contributed by atoms with E-state index in [1.807, 2.05) is 32.9 Å². The molecule has 1 saturated heterocycles. The fourth-order valence-electron chi connectivity index (χ4n) is 3.86. The summed E-state index contributed by atoms with van der Waals surface area (Å²) in [5.74, 6) is 0.708. The van der Waals surface area contributed by atoms with Crippen molar-refractivity contribution in [2.45, 2.75) is 38.8 Å². The molecule has 1 fully saturated rings. The zero-order valence-electron chi connectivity index (χ0n) is 19.5. The summed E-state index contributed by atoms with van der Waals surface area (Å²) < 4.78 is 24.6. The number of carbonyl (C=O) groups excluding carboxylic acids is 1. The van der Waals surface area contributed by atoms with Crippen LogP contribution in [0.15, 0.2) is 36.7 Å². The van der Waals surface area contributed by atoms with Gasteiger partial charge in [0.25, 0.3) is 0 Å². The fourth-order valence-corrected chi connectivity index (χ4v) is 4.04. The van der Waals surface area contributed by atoms with Gasteiger partial charge in [0, 0.05) is 24.2 Å². The molecule has 1 aliphatic rings. The van der Waals surface area contributed by atoms with Gasteiger partial charge in [-0.05, 0) is 57.5 Å². The molecule has 0 bridgehead atoms. The highest BCUT2D eigenvalue weighted by molar-refractivity contribution is 6.31. The first kappa shape index (κ1) is 23.8. The Hall–Kier alpha value is -3.33. The van der Waals surface area contributed by atoms with E-state index in [9.17, 15) is 9.18 Å². The number of rotatable bonds is 5. The van der Waals surface area contributed by atoms with Crippen LogP contribution in [0, 0.1) is 5.82 Å². The lowest BCUT2D eigenvalue weighted by Gasteiger charge is -2.23. The van der Waals surface area contributed by atoms with Crippen molar-refractivity contribution in [1.29, 1.82) is 0 Å². The van der Waals surface area contributed by atoms with Gasteiger partial charge >= 0.3 is 6.09 Å². The topological polar surface area (TPSA) is 88.6 Å². The highest BCUT2D eigenvalue weighted by atomic mass is 35.5. The highest BCUT2D eigenvalue weighted by Gasteiger charge is 2.28. The second-order valence-corrected chi connectivity index (χ2v) is 9.50. The molecule has 10 heteroatoms. The van der Waals surface area contributed by atoms with Crippen LogP contribution in [0.1, 0.15) is 27.2 Å². The lowest BCUT2D eigenvalue weighted by atomic mass is 10.1. The predicted octanol–water partition coefficient (Wildman–Crippen LogP) is 5.28. The summed E-state index contributed by atoms with van der Waals surface area (Å²) in [5.41, 5.74) is 1.64. The van der Waals surface area contributed by atoms with E-state index >= 15 is 0 Å². The molecule has 4 rings (SSSR count). The first-order valence-electron chi connectivity index (χ1n) is 10.9. The Bertz CT molecular complexity index is 1220. The van der Waals surface area contributed by atoms with Gasteiger partial charge < -0.3 is 25.0 Å². The Kier molecular flexibility index (Phi) is 6.65. The maximum Gasteiger partial charge on any atom is 0.407 e. The van der Waals surface area contributed by atoms with Crippen LogP contribution in [0.25, 0.3) is 10.9 Å². The third kappa shape index (κ3) is 5.41. The summed E-state index contributed by atoms with van der Waals surface area (Å²) in [6, 6.07) is 8.14. The molecule has 1 unspecified atom stereocenters. The highest BCUT2D eigenvalue weighted by Crippen LogP contribution is 2.37. The van der Waals surface area contributed by atoms with E-state index in [1.54, 1.807) is 13.2 Å². The molecule has 2 heterocycles. The van der Waals surface area contributed by atoms with Crippen LogP contribution < -0.4 is 20.3 Å². The standard InChI is InChI=1S/C24H27ClFN5O3/c1-24(2,3)34-23(32)30-15-7-8-31(12-15)20-11-19-16(10-21(20)33-4)22(28-13-27-19)29-14-5-6-18(26)17(25)9-14/h5-6,9-11,13,15H,7-8,12H2,1-4H3,(H,30,32)(H,27,28,29). The van der Waals surface area contributed by atoms with Crippen LogP contribution in [0.4, 0.5) is 26.4 Å². The summed E-state index contributed by atoms with van der Waals surface area (Å²) in [6.07, 6.45) is 1.82. The average molecular weight is 488 g/mol. The summed E-state index contributed by atoms with van der Waals surface area (Å²) in [6.45, 7) is 6.87. The normalized spacial score (nSPS) is 15.9. The number of fused-ring (bicyclic) bond motifs is 1. The third-order valence-electron chi connectivity index (χ3n) is 5.37. The quantitative estimate of drug-likeness (QED) is 0.506. The molecule has 1 amide bonds. The van der Waals surface area contributed by atoms with E-state index in [0.29, 0.717) is 29.3 Å². The lowest BCUT2D eigenvalue weighted by Crippen LogP contribution is -2.40. The molecule has 2 aromatic carbocycles. The number of alkyl carbamates (subject to hydrolysis) is 1. The maximum atomic E-state index is 13.5. The number of ether oxygens (including phenoxy) is 2. The second kappa shape index (κ2) is 9.50. The number of nitrogens with one attached hydrogen (secondary N) is 2. The van der Waals surface area contributed by atoms with Gasteiger partial charge in [0.1, 0.15) is 29.3 Å². The number of amides is 1. The number of aromatic nitrogens is 2. The van der Waals surface area contributed by atoms with E-state index in [4.69, 9.17) is 21.1 Å². The number of halogens is 2. The van der Waals surface area contributed by atoms with E-state index in [-0.39, 0.29) is 11.1 Å². The molecule has 1 aliphatic heterocycles. The number of nitrogens with zero attached hydrogens (tertiary/aromatic N) is 3. The fraction of sp³-hybridized carbons (Fsp3) is 0.375. The second-order valence-electron chi connectivity index (χ2n) is 9.10. The molecule has 1 aromatic heterocycles. The predicted molar refractivity (Wildman–Crippen MR) is 131 cm³/mol. The molecule has 34 heavy (non-hydrogen) atoms. The van der Waals surface area contributed by atoms with Gasteiger partial charge in [0.15, 0.2) is 0 Å². The van der Waals surface area contributed by atoms with Crippen molar-refractivity contribution in [3.63, 3.8) is 0 Å². The van der Waals surface area contributed by atoms with E-state index < -0.39 is 17.5 Å². The van der Waals surface area contributed by atoms with Gasteiger partial charge in [-0.2, -0.15) is 0 Å². The van der Waals surface area contributed by atoms with Gasteiger partial charge in [-0.1, -0.05) is 11.6 Å². The summed E-state index contributed by atoms with van der Waals surface area (Å²) in [7, 11) is 1.60. The van der Waals surface area contributed by atoms with E-state index in [1.165, 1.54) is 18.5 Å². The molecule has 0 spiro atoms. The van der Waals surface area contributed by atoms with E-state index in [2.05, 4.69) is 25.5 Å². The molecule has 3 aromatic rings. The third-order valence-corrected chi connectivity index (χ3v) is 5.66. The van der Waals surface area contributed by atoms with Gasteiger partial charge in [0.05, 0.1) is 29.4 Å².